The molecule has 13 atom stereocenters. The van der Waals surface area contributed by atoms with E-state index in [0.717, 1.165) is 19.4 Å². The normalized spacial score (nSPS) is 62.4. The van der Waals surface area contributed by atoms with Crippen LogP contribution in [0.5, 0.6) is 0 Å². The lowest BCUT2D eigenvalue weighted by Crippen LogP contribution is -2.76. The molecule has 0 amide bonds. The number of fused-ring (bicyclic) bond motifs is 2. The predicted octanol–water partition coefficient (Wildman–Crippen LogP) is -0.119. The van der Waals surface area contributed by atoms with Crippen molar-refractivity contribution in [1.82, 2.24) is 4.90 Å². The monoisotopic (exact) mass is 453 g/mol. The molecule has 0 aromatic heterocycles. The van der Waals surface area contributed by atoms with E-state index < -0.39 is 29.3 Å². The number of hydrogen-bond acceptors (Lipinski definition) is 8. The average Bonchev–Trinajstić information content (AvgIpc) is 3.13. The van der Waals surface area contributed by atoms with Gasteiger partial charge in [0.2, 0.25) is 0 Å². The summed E-state index contributed by atoms with van der Waals surface area (Å²) < 4.78 is 24.1. The van der Waals surface area contributed by atoms with Gasteiger partial charge >= 0.3 is 0 Å². The summed E-state index contributed by atoms with van der Waals surface area (Å²) in [7, 11) is 9.05. The zero-order valence-corrected chi connectivity index (χ0v) is 19.9. The third-order valence-corrected chi connectivity index (χ3v) is 11.2. The molecule has 6 fully saturated rings. The van der Waals surface area contributed by atoms with Gasteiger partial charge in [-0.3, -0.25) is 0 Å². The van der Waals surface area contributed by atoms with Gasteiger partial charge in [-0.1, -0.05) is 0 Å². The third-order valence-electron chi connectivity index (χ3n) is 11.2. The van der Waals surface area contributed by atoms with Gasteiger partial charge in [0.05, 0.1) is 36.6 Å². The van der Waals surface area contributed by atoms with Gasteiger partial charge in [-0.25, -0.2) is 0 Å². The molecule has 0 aromatic rings. The van der Waals surface area contributed by atoms with Crippen molar-refractivity contribution in [2.24, 2.45) is 34.5 Å². The van der Waals surface area contributed by atoms with E-state index in [1.165, 1.54) is 0 Å². The zero-order chi connectivity index (χ0) is 22.8. The SMILES string of the molecule is COC[C@@]12CCC(OC)[C@@]34[C@@H]5C[C@]6(O)[C@@H](OC)C[C@@](O)([C@H]5[C@H]6O)[C@@H](C(OC)[C@H]13)[C@H]4N(C)C2. The fourth-order valence-electron chi connectivity index (χ4n) is 10.9. The smallest absolute Gasteiger partial charge is 0.117 e. The number of methoxy groups -OCH3 is 4. The summed E-state index contributed by atoms with van der Waals surface area (Å²) in [6, 6.07) is 0.0455. The maximum atomic E-state index is 12.5. The summed E-state index contributed by atoms with van der Waals surface area (Å²) in [6.07, 6.45) is 0.747. The Morgan fingerprint density at radius 1 is 0.938 bits per heavy atom. The number of rotatable bonds is 5. The molecular weight excluding hydrogens is 414 g/mol. The minimum Gasteiger partial charge on any atom is -0.390 e. The van der Waals surface area contributed by atoms with Gasteiger partial charge in [0.15, 0.2) is 0 Å². The average molecular weight is 454 g/mol. The fourth-order valence-corrected chi connectivity index (χ4v) is 10.9. The highest BCUT2D eigenvalue weighted by molar-refractivity contribution is 5.37. The number of ether oxygens (including phenoxy) is 4. The van der Waals surface area contributed by atoms with Crippen molar-refractivity contribution in [3.63, 3.8) is 0 Å². The van der Waals surface area contributed by atoms with Crippen molar-refractivity contribution >= 4 is 0 Å². The first-order valence-electron chi connectivity index (χ1n) is 12.1. The summed E-state index contributed by atoms with van der Waals surface area (Å²) in [5.74, 6) is -0.596. The molecule has 1 heterocycles. The second-order valence-electron chi connectivity index (χ2n) is 11.8. The minimum atomic E-state index is -1.36. The molecule has 0 aromatic carbocycles. The first kappa shape index (κ1) is 22.2. The second-order valence-corrected chi connectivity index (χ2v) is 11.8. The molecule has 0 radical (unpaired) electrons. The van der Waals surface area contributed by atoms with E-state index in [2.05, 4.69) is 11.9 Å². The van der Waals surface area contributed by atoms with Crippen molar-refractivity contribution in [3.8, 4) is 0 Å². The number of hydrogen-bond donors (Lipinski definition) is 3. The van der Waals surface area contributed by atoms with Crippen LogP contribution in [-0.2, 0) is 18.9 Å². The van der Waals surface area contributed by atoms with Crippen LogP contribution in [-0.4, -0.2) is 111 Å². The minimum absolute atomic E-state index is 0.0291. The molecule has 182 valence electrons. The Labute approximate surface area is 190 Å². The van der Waals surface area contributed by atoms with Gasteiger partial charge < -0.3 is 39.2 Å². The molecule has 6 aliphatic rings. The zero-order valence-electron chi connectivity index (χ0n) is 19.9. The van der Waals surface area contributed by atoms with E-state index in [0.29, 0.717) is 19.4 Å². The van der Waals surface area contributed by atoms with E-state index in [1.807, 2.05) is 0 Å². The molecule has 3 N–H and O–H groups in total. The number of aliphatic hydroxyl groups excluding tert-OH is 1. The van der Waals surface area contributed by atoms with E-state index in [-0.39, 0.29) is 46.8 Å². The maximum Gasteiger partial charge on any atom is 0.117 e. The Balaban J connectivity index is 1.64. The summed E-state index contributed by atoms with van der Waals surface area (Å²) in [4.78, 5) is 2.42. The van der Waals surface area contributed by atoms with Gasteiger partial charge in [0.25, 0.3) is 0 Å². The standard InChI is InChI=1S/C24H39NO7/c1-25-10-21(11-29-2)7-6-13(30-3)24-12-8-22(27)14(31-4)9-23(28,15(12)20(22)26)16(19(24)25)17(32-5)18(21)24/h12-20,26-28H,6-11H2,1-5H3/t12-,13?,14+,15-,16+,17?,18-,19-,20-,21+,22+,23-,24+/m1/s1. The molecular formula is C24H39NO7. The molecule has 6 rings (SSSR count). The van der Waals surface area contributed by atoms with Crippen molar-refractivity contribution in [2.45, 2.75) is 67.3 Å². The molecule has 32 heavy (non-hydrogen) atoms. The van der Waals surface area contributed by atoms with Crippen LogP contribution in [0.2, 0.25) is 0 Å². The van der Waals surface area contributed by atoms with Crippen LogP contribution in [0.3, 0.4) is 0 Å². The molecule has 8 nitrogen and oxygen atoms in total. The van der Waals surface area contributed by atoms with Crippen LogP contribution in [0.15, 0.2) is 0 Å². The quantitative estimate of drug-likeness (QED) is 0.530. The van der Waals surface area contributed by atoms with Gasteiger partial charge in [0.1, 0.15) is 5.60 Å². The predicted molar refractivity (Wildman–Crippen MR) is 114 cm³/mol. The molecule has 5 aliphatic carbocycles. The van der Waals surface area contributed by atoms with E-state index in [1.54, 1.807) is 28.4 Å². The van der Waals surface area contributed by atoms with Gasteiger partial charge in [-0.2, -0.15) is 0 Å². The Morgan fingerprint density at radius 2 is 1.66 bits per heavy atom. The maximum absolute atomic E-state index is 12.5. The number of piperidine rings is 1. The first-order chi connectivity index (χ1) is 15.2. The van der Waals surface area contributed by atoms with E-state index >= 15 is 0 Å². The van der Waals surface area contributed by atoms with Gasteiger partial charge in [-0.05, 0) is 32.2 Å². The highest BCUT2D eigenvalue weighted by atomic mass is 16.5. The first-order valence-corrected chi connectivity index (χ1v) is 12.1. The molecule has 7 bridgehead atoms. The van der Waals surface area contributed by atoms with Crippen LogP contribution in [0.4, 0.5) is 0 Å². The summed E-state index contributed by atoms with van der Waals surface area (Å²) in [5, 5.41) is 35.7. The van der Waals surface area contributed by atoms with Crippen LogP contribution in [0.25, 0.3) is 0 Å². The van der Waals surface area contributed by atoms with Gasteiger partial charge in [-0.15, -0.1) is 0 Å². The van der Waals surface area contributed by atoms with E-state index in [4.69, 9.17) is 18.9 Å². The van der Waals surface area contributed by atoms with Crippen LogP contribution < -0.4 is 0 Å². The van der Waals surface area contributed by atoms with Crippen LogP contribution in [0, 0.1) is 34.5 Å². The number of nitrogens with zero attached hydrogens (tertiary/aromatic N) is 1. The molecule has 8 heteroatoms. The molecule has 1 saturated heterocycles. The number of likely N-dealkylation sites (tertiary alicyclic amines) is 1. The third kappa shape index (κ3) is 2.07. The lowest BCUT2D eigenvalue weighted by atomic mass is 9.43. The molecule has 2 unspecified atom stereocenters. The Kier molecular flexibility index (Phi) is 4.62. The summed E-state index contributed by atoms with van der Waals surface area (Å²) in [6.45, 7) is 1.52. The Bertz CT molecular complexity index is 798. The van der Waals surface area contributed by atoms with Crippen molar-refractivity contribution in [2.75, 3.05) is 48.6 Å². The van der Waals surface area contributed by atoms with Gasteiger partial charge in [0, 0.05) is 76.0 Å². The summed E-state index contributed by atoms with van der Waals surface area (Å²) in [5.41, 5.74) is -3.00. The van der Waals surface area contributed by atoms with E-state index in [9.17, 15) is 15.3 Å². The second kappa shape index (κ2) is 6.66. The highest BCUT2D eigenvalue weighted by Crippen LogP contribution is 2.79. The lowest BCUT2D eigenvalue weighted by molar-refractivity contribution is -0.281. The fraction of sp³-hybridized carbons (Fsp3) is 1.00. The van der Waals surface area contributed by atoms with Crippen LogP contribution >= 0.6 is 0 Å². The Morgan fingerprint density at radius 3 is 2.28 bits per heavy atom. The summed E-state index contributed by atoms with van der Waals surface area (Å²) >= 11 is 0. The molecule has 1 spiro atoms. The number of aliphatic hydroxyl groups is 3. The van der Waals surface area contributed by atoms with Crippen LogP contribution in [0.1, 0.15) is 25.7 Å². The van der Waals surface area contributed by atoms with Crippen molar-refractivity contribution in [1.29, 1.82) is 0 Å². The van der Waals surface area contributed by atoms with Crippen molar-refractivity contribution in [3.05, 3.63) is 0 Å². The van der Waals surface area contributed by atoms with Crippen molar-refractivity contribution < 1.29 is 34.3 Å². The molecule has 1 aliphatic heterocycles. The Hall–Kier alpha value is -0.320. The molecule has 5 saturated carbocycles. The largest absolute Gasteiger partial charge is 0.390 e. The topological polar surface area (TPSA) is 101 Å². The highest BCUT2D eigenvalue weighted by Gasteiger charge is 2.88. The lowest BCUT2D eigenvalue weighted by Gasteiger charge is -2.68.